The Morgan fingerprint density at radius 3 is 2.61 bits per heavy atom. The van der Waals surface area contributed by atoms with E-state index in [0.29, 0.717) is 6.61 Å². The standard InChI is InChI=1S/C13H19NO3S/c1-9-5-6-10(11(15)14-9)12(16)17-7-8-18-13(2,3)4/h5-6H,7-8H2,1-4H3,(H,14,15). The Morgan fingerprint density at radius 1 is 1.39 bits per heavy atom. The van der Waals surface area contributed by atoms with Crippen LogP contribution in [-0.4, -0.2) is 28.1 Å². The molecule has 0 saturated heterocycles. The van der Waals surface area contributed by atoms with E-state index in [4.69, 9.17) is 4.74 Å². The number of aromatic nitrogens is 1. The number of ether oxygens (including phenoxy) is 1. The Morgan fingerprint density at radius 2 is 2.06 bits per heavy atom. The summed E-state index contributed by atoms with van der Waals surface area (Å²) in [6.45, 7) is 8.38. The Balaban J connectivity index is 2.49. The molecule has 1 aromatic rings. The molecule has 0 saturated carbocycles. The van der Waals surface area contributed by atoms with Gasteiger partial charge in [0.05, 0.1) is 0 Å². The van der Waals surface area contributed by atoms with Gasteiger partial charge in [0, 0.05) is 16.2 Å². The van der Waals surface area contributed by atoms with Gasteiger partial charge in [-0.2, -0.15) is 11.8 Å². The van der Waals surface area contributed by atoms with Gasteiger partial charge in [-0.1, -0.05) is 20.8 Å². The van der Waals surface area contributed by atoms with Gasteiger partial charge in [0.15, 0.2) is 0 Å². The van der Waals surface area contributed by atoms with Gasteiger partial charge < -0.3 is 9.72 Å². The van der Waals surface area contributed by atoms with Crippen molar-refractivity contribution < 1.29 is 9.53 Å². The molecule has 18 heavy (non-hydrogen) atoms. The third kappa shape index (κ3) is 4.96. The zero-order chi connectivity index (χ0) is 13.8. The predicted molar refractivity (Wildman–Crippen MR) is 74.3 cm³/mol. The van der Waals surface area contributed by atoms with Gasteiger partial charge in [0.1, 0.15) is 12.2 Å². The van der Waals surface area contributed by atoms with Crippen LogP contribution in [0.2, 0.25) is 0 Å². The quantitative estimate of drug-likeness (QED) is 0.673. The van der Waals surface area contributed by atoms with E-state index in [-0.39, 0.29) is 10.3 Å². The van der Waals surface area contributed by atoms with Crippen LogP contribution in [0, 0.1) is 6.92 Å². The van der Waals surface area contributed by atoms with Gasteiger partial charge in [-0.05, 0) is 19.1 Å². The second kappa shape index (κ2) is 6.09. The molecule has 1 rings (SSSR count). The minimum atomic E-state index is -0.564. The molecule has 1 heterocycles. The molecule has 0 aliphatic rings. The molecule has 0 aromatic carbocycles. The van der Waals surface area contributed by atoms with Gasteiger partial charge in [-0.25, -0.2) is 4.79 Å². The van der Waals surface area contributed by atoms with Crippen LogP contribution in [-0.2, 0) is 4.74 Å². The Labute approximate surface area is 111 Å². The molecule has 1 aromatic heterocycles. The minimum Gasteiger partial charge on any atom is -0.461 e. The first-order valence-electron chi connectivity index (χ1n) is 5.80. The summed E-state index contributed by atoms with van der Waals surface area (Å²) in [7, 11) is 0. The van der Waals surface area contributed by atoms with Crippen LogP contribution in [0.15, 0.2) is 16.9 Å². The molecule has 0 bridgehead atoms. The monoisotopic (exact) mass is 269 g/mol. The van der Waals surface area contributed by atoms with Gasteiger partial charge in [-0.3, -0.25) is 4.79 Å². The molecule has 0 spiro atoms. The number of aryl methyl sites for hydroxylation is 1. The fraction of sp³-hybridized carbons (Fsp3) is 0.538. The van der Waals surface area contributed by atoms with Crippen molar-refractivity contribution in [1.29, 1.82) is 0 Å². The summed E-state index contributed by atoms with van der Waals surface area (Å²) in [6.07, 6.45) is 0. The summed E-state index contributed by atoms with van der Waals surface area (Å²) in [5.74, 6) is 0.157. The molecule has 0 atom stereocenters. The smallest absolute Gasteiger partial charge is 0.343 e. The van der Waals surface area contributed by atoms with Gasteiger partial charge >= 0.3 is 5.97 Å². The fourth-order valence-corrected chi connectivity index (χ4v) is 2.07. The van der Waals surface area contributed by atoms with E-state index < -0.39 is 11.5 Å². The summed E-state index contributed by atoms with van der Waals surface area (Å²) in [5.41, 5.74) is 0.379. The number of hydrogen-bond donors (Lipinski definition) is 1. The van der Waals surface area contributed by atoms with Crippen molar-refractivity contribution >= 4 is 17.7 Å². The summed E-state index contributed by atoms with van der Waals surface area (Å²) in [4.78, 5) is 25.7. The van der Waals surface area contributed by atoms with E-state index in [9.17, 15) is 9.59 Å². The second-order valence-corrected chi connectivity index (χ2v) is 6.90. The summed E-state index contributed by atoms with van der Waals surface area (Å²) in [5, 5.41) is 0. The van der Waals surface area contributed by atoms with Gasteiger partial charge in [-0.15, -0.1) is 0 Å². The first kappa shape index (κ1) is 14.8. The van der Waals surface area contributed by atoms with E-state index in [1.165, 1.54) is 6.07 Å². The number of hydrogen-bond acceptors (Lipinski definition) is 4. The van der Waals surface area contributed by atoms with E-state index in [1.807, 2.05) is 0 Å². The first-order valence-corrected chi connectivity index (χ1v) is 6.79. The molecule has 0 unspecified atom stereocenters. The number of carbonyl (C=O) groups excluding carboxylic acids is 1. The molecule has 1 N–H and O–H groups in total. The lowest BCUT2D eigenvalue weighted by molar-refractivity contribution is 0.0528. The van der Waals surface area contributed by atoms with Gasteiger partial charge in [0.25, 0.3) is 5.56 Å². The number of carbonyl (C=O) groups is 1. The van der Waals surface area contributed by atoms with E-state index in [2.05, 4.69) is 25.8 Å². The molecule has 0 fully saturated rings. The summed E-state index contributed by atoms with van der Waals surface area (Å²) in [6, 6.07) is 3.18. The predicted octanol–water partition coefficient (Wildman–Crippen LogP) is 2.37. The van der Waals surface area contributed by atoms with Crippen molar-refractivity contribution in [3.63, 3.8) is 0 Å². The highest BCUT2D eigenvalue weighted by atomic mass is 32.2. The minimum absolute atomic E-state index is 0.0568. The number of rotatable bonds is 4. The van der Waals surface area contributed by atoms with Crippen LogP contribution in [0.1, 0.15) is 36.8 Å². The SMILES string of the molecule is Cc1ccc(C(=O)OCCSC(C)(C)C)c(=O)[nH]1. The van der Waals surface area contributed by atoms with Crippen molar-refractivity contribution in [3.8, 4) is 0 Å². The molecule has 0 aliphatic heterocycles. The molecular weight excluding hydrogens is 250 g/mol. The van der Waals surface area contributed by atoms with Crippen molar-refractivity contribution in [2.75, 3.05) is 12.4 Å². The lowest BCUT2D eigenvalue weighted by Crippen LogP contribution is -2.21. The average Bonchev–Trinajstić information content (AvgIpc) is 2.22. The number of aromatic amines is 1. The van der Waals surface area contributed by atoms with Crippen LogP contribution < -0.4 is 5.56 Å². The molecule has 4 nitrogen and oxygen atoms in total. The summed E-state index contributed by atoms with van der Waals surface area (Å²) >= 11 is 1.71. The van der Waals surface area contributed by atoms with Crippen LogP contribution in [0.25, 0.3) is 0 Å². The molecule has 0 amide bonds. The average molecular weight is 269 g/mol. The highest BCUT2D eigenvalue weighted by Gasteiger charge is 2.13. The maximum atomic E-state index is 11.6. The largest absolute Gasteiger partial charge is 0.461 e. The molecular formula is C13H19NO3S. The zero-order valence-corrected chi connectivity index (χ0v) is 12.0. The number of nitrogens with one attached hydrogen (secondary N) is 1. The molecule has 5 heteroatoms. The Hall–Kier alpha value is -1.23. The van der Waals surface area contributed by atoms with Gasteiger partial charge in [0.2, 0.25) is 0 Å². The lowest BCUT2D eigenvalue weighted by atomic mass is 10.2. The number of H-pyrrole nitrogens is 1. The van der Waals surface area contributed by atoms with Crippen LogP contribution in [0.3, 0.4) is 0 Å². The third-order valence-corrected chi connectivity index (χ3v) is 3.36. The zero-order valence-electron chi connectivity index (χ0n) is 11.2. The molecule has 100 valence electrons. The van der Waals surface area contributed by atoms with Crippen LogP contribution in [0.4, 0.5) is 0 Å². The Bertz CT molecular complexity index is 474. The van der Waals surface area contributed by atoms with Crippen molar-refractivity contribution in [1.82, 2.24) is 4.98 Å². The molecule has 0 aliphatic carbocycles. The lowest BCUT2D eigenvalue weighted by Gasteiger charge is -2.17. The van der Waals surface area contributed by atoms with Crippen molar-refractivity contribution in [2.45, 2.75) is 32.4 Å². The maximum absolute atomic E-state index is 11.6. The third-order valence-electron chi connectivity index (χ3n) is 2.13. The van der Waals surface area contributed by atoms with E-state index in [0.717, 1.165) is 11.4 Å². The second-order valence-electron chi connectivity index (χ2n) is 4.98. The van der Waals surface area contributed by atoms with Crippen LogP contribution >= 0.6 is 11.8 Å². The van der Waals surface area contributed by atoms with Crippen LogP contribution in [0.5, 0.6) is 0 Å². The first-order chi connectivity index (χ1) is 8.29. The number of pyridine rings is 1. The van der Waals surface area contributed by atoms with E-state index in [1.54, 1.807) is 24.8 Å². The fourth-order valence-electron chi connectivity index (χ4n) is 1.29. The molecule has 0 radical (unpaired) electrons. The highest BCUT2D eigenvalue weighted by molar-refractivity contribution is 8.00. The number of thioether (sulfide) groups is 1. The highest BCUT2D eigenvalue weighted by Crippen LogP contribution is 2.22. The topological polar surface area (TPSA) is 59.2 Å². The maximum Gasteiger partial charge on any atom is 0.343 e. The van der Waals surface area contributed by atoms with Crippen molar-refractivity contribution in [3.05, 3.63) is 33.7 Å². The van der Waals surface area contributed by atoms with E-state index >= 15 is 0 Å². The van der Waals surface area contributed by atoms with Crippen molar-refractivity contribution in [2.24, 2.45) is 0 Å². The summed E-state index contributed by atoms with van der Waals surface area (Å²) < 4.78 is 5.21. The number of esters is 1. The Kier molecular flexibility index (Phi) is 5.02. The normalized spacial score (nSPS) is 11.3.